The number of aromatic nitrogens is 6. The zero-order valence-corrected chi connectivity index (χ0v) is 84.6. The Kier molecular flexibility index (Phi) is 84.8. The van der Waals surface area contributed by atoms with E-state index in [1.807, 2.05) is 0 Å². The molecular formula is C108H213N6O4P. The Hall–Kier alpha value is -2.26. The molecule has 0 aliphatic heterocycles. The highest BCUT2D eigenvalue weighted by molar-refractivity contribution is 7.40. The molecule has 0 aromatic carbocycles. The van der Waals surface area contributed by atoms with Gasteiger partial charge >= 0.3 is 0 Å². The lowest BCUT2D eigenvalue weighted by Gasteiger charge is -2.36. The summed E-state index contributed by atoms with van der Waals surface area (Å²) in [6.45, 7) is 31.7. The molecule has 11 heteroatoms. The molecule has 119 heavy (non-hydrogen) atoms. The summed E-state index contributed by atoms with van der Waals surface area (Å²) in [5.41, 5.74) is 10.3. The largest absolute Gasteiger partial charge is 0.822 e. The molecule has 0 bridgehead atoms. The summed E-state index contributed by atoms with van der Waals surface area (Å²) < 4.78 is 25.1. The molecule has 0 amide bonds. The summed E-state index contributed by atoms with van der Waals surface area (Å²) in [7, 11) is 1.87. The molecule has 0 fully saturated rings. The van der Waals surface area contributed by atoms with Crippen molar-refractivity contribution in [3.8, 4) is 0 Å². The van der Waals surface area contributed by atoms with Crippen LogP contribution in [-0.2, 0) is 103 Å². The molecule has 0 atom stereocenters. The van der Waals surface area contributed by atoms with Crippen LogP contribution >= 0.6 is 7.82 Å². The zero-order valence-electron chi connectivity index (χ0n) is 83.7. The molecule has 3 heterocycles. The molecule has 0 aliphatic rings. The van der Waals surface area contributed by atoms with E-state index in [1.54, 1.807) is 51.6 Å². The van der Waals surface area contributed by atoms with Crippen molar-refractivity contribution in [2.24, 2.45) is 21.1 Å². The predicted molar refractivity (Wildman–Crippen MR) is 518 cm³/mol. The van der Waals surface area contributed by atoms with Gasteiger partial charge in [-0.3, -0.25) is 0 Å². The molecule has 0 N–H and O–H groups in total. The van der Waals surface area contributed by atoms with Crippen LogP contribution in [0.15, 0.2) is 0 Å². The summed E-state index contributed by atoms with van der Waals surface area (Å²) >= 11 is 0. The van der Waals surface area contributed by atoms with Crippen LogP contribution in [0.1, 0.15) is 597 Å². The summed E-state index contributed by atoms with van der Waals surface area (Å²) in [5, 5.41) is 0. The van der Waals surface area contributed by atoms with Gasteiger partial charge in [0.2, 0.25) is 0 Å². The van der Waals surface area contributed by atoms with Crippen LogP contribution in [0.2, 0.25) is 0 Å². The molecule has 0 saturated heterocycles. The average molecular weight is 1690 g/mol. The molecule has 0 radical (unpaired) electrons. The first-order chi connectivity index (χ1) is 58.1. The topological polar surface area (TPSA) is 113 Å². The van der Waals surface area contributed by atoms with Crippen LogP contribution in [0, 0.1) is 0 Å². The average Bonchev–Trinajstić information content (AvgIpc) is 1.66. The van der Waals surface area contributed by atoms with Crippen LogP contribution < -0.4 is 28.4 Å². The van der Waals surface area contributed by atoms with Gasteiger partial charge in [0, 0.05) is 57.8 Å². The zero-order chi connectivity index (χ0) is 87.6. The van der Waals surface area contributed by atoms with E-state index >= 15 is 0 Å². The number of hydrogen-bond donors (Lipinski definition) is 0. The molecule has 0 aliphatic carbocycles. The molecule has 3 aromatic heterocycles. The minimum Gasteiger partial charge on any atom is -0.822 e. The molecular weight excluding hydrogens is 1480 g/mol. The Labute approximate surface area is 745 Å². The lowest BCUT2D eigenvalue weighted by atomic mass is 10.0. The van der Waals surface area contributed by atoms with E-state index in [1.165, 1.54) is 540 Å². The van der Waals surface area contributed by atoms with Crippen LogP contribution in [0.25, 0.3) is 0 Å². The molecule has 704 valence electrons. The second-order valence-electron chi connectivity index (χ2n) is 37.5. The van der Waals surface area contributed by atoms with Gasteiger partial charge in [0.15, 0.2) is 0 Å². The Morgan fingerprint density at radius 1 is 0.185 bits per heavy atom. The SMILES string of the molecule is CCCCCCCCc1c(CCCCCCCC)[n+](C)c(CCCCCCCC)n1CCCCCCCC.CCCCCCCCc1c(CCCCCCCC)[n+](C)c(CCCCCCCC)n1CCCCCCCC.CCCCCCCCc1c(CCCCCCCC)[n+](C)c(CCCCCCCC)n1CCCCCCCC.O=P([O-])([O-])[O-]. The maximum absolute atomic E-state index is 8.55. The first kappa shape index (κ1) is 117. The second-order valence-corrected chi connectivity index (χ2v) is 38.4. The maximum Gasteiger partial charge on any atom is 0.256 e. The Bertz CT molecular complexity index is 2230. The van der Waals surface area contributed by atoms with Gasteiger partial charge in [0.1, 0.15) is 34.2 Å². The van der Waals surface area contributed by atoms with Gasteiger partial charge in [-0.25, -0.2) is 27.4 Å². The van der Waals surface area contributed by atoms with Gasteiger partial charge in [-0.15, -0.1) is 0 Å². The van der Waals surface area contributed by atoms with Crippen molar-refractivity contribution in [2.75, 3.05) is 0 Å². The van der Waals surface area contributed by atoms with Gasteiger partial charge in [-0.2, -0.15) is 7.82 Å². The molecule has 3 aromatic rings. The summed E-state index contributed by atoms with van der Waals surface area (Å²) in [4.78, 5) is 25.6. The van der Waals surface area contributed by atoms with Crippen molar-refractivity contribution in [3.05, 3.63) is 51.6 Å². The van der Waals surface area contributed by atoms with Crippen LogP contribution in [0.4, 0.5) is 0 Å². The van der Waals surface area contributed by atoms with Crippen molar-refractivity contribution >= 4 is 7.82 Å². The van der Waals surface area contributed by atoms with E-state index in [4.69, 9.17) is 19.2 Å². The quantitative estimate of drug-likeness (QED) is 0.0318. The molecule has 0 spiro atoms. The highest BCUT2D eigenvalue weighted by Gasteiger charge is 2.31. The highest BCUT2D eigenvalue weighted by atomic mass is 31.2. The van der Waals surface area contributed by atoms with E-state index in [0.29, 0.717) is 0 Å². The Balaban J connectivity index is 0.00000170. The van der Waals surface area contributed by atoms with Crippen molar-refractivity contribution in [3.63, 3.8) is 0 Å². The fourth-order valence-electron chi connectivity index (χ4n) is 18.8. The van der Waals surface area contributed by atoms with Crippen molar-refractivity contribution in [1.29, 1.82) is 0 Å². The number of nitrogens with zero attached hydrogens (tertiary/aromatic N) is 6. The first-order valence-corrected chi connectivity index (χ1v) is 55.6. The first-order valence-electron chi connectivity index (χ1n) is 54.1. The van der Waals surface area contributed by atoms with E-state index < -0.39 is 7.82 Å². The fourth-order valence-corrected chi connectivity index (χ4v) is 18.8. The van der Waals surface area contributed by atoms with E-state index in [2.05, 4.69) is 132 Å². The van der Waals surface area contributed by atoms with Crippen LogP contribution in [-0.4, -0.2) is 13.7 Å². The van der Waals surface area contributed by atoms with Crippen LogP contribution in [0.3, 0.4) is 0 Å². The lowest BCUT2D eigenvalue weighted by molar-refractivity contribution is -0.686. The predicted octanol–water partition coefficient (Wildman–Crippen LogP) is 31.3. The van der Waals surface area contributed by atoms with Gasteiger partial charge in [0.05, 0.1) is 40.8 Å². The number of rotatable bonds is 84. The lowest BCUT2D eigenvalue weighted by Crippen LogP contribution is -2.36. The standard InChI is InChI=1S/3C36H71N2.H3O4P/c3*1-6-10-14-18-22-26-30-34-35(31-27-23-19-15-11-7-2)38(33-29-25-21-17-13-9-4)36(37(34)5)32-28-24-20-16-12-8-3;1-5(2,3)4/h3*6-33H2,1-5H3;(H3,1,2,3,4)/q3*+1;/p-3. The van der Waals surface area contributed by atoms with Gasteiger partial charge < -0.3 is 19.2 Å². The molecule has 10 nitrogen and oxygen atoms in total. The summed E-state index contributed by atoms with van der Waals surface area (Å²) in [5.74, 6) is 4.95. The van der Waals surface area contributed by atoms with Gasteiger partial charge in [-0.05, 0) is 96.3 Å². The third-order valence-corrected chi connectivity index (χ3v) is 26.4. The number of imidazole rings is 3. The van der Waals surface area contributed by atoms with Crippen LogP contribution in [0.5, 0.6) is 0 Å². The minimum absolute atomic E-state index is 1.26. The normalized spacial score (nSPS) is 11.6. The fraction of sp³-hybridized carbons (Fsp3) is 0.917. The van der Waals surface area contributed by atoms with Crippen molar-refractivity contribution in [2.45, 2.75) is 623 Å². The van der Waals surface area contributed by atoms with Crippen molar-refractivity contribution in [1.82, 2.24) is 13.7 Å². The molecule has 3 rings (SSSR count). The monoisotopic (exact) mass is 1690 g/mol. The smallest absolute Gasteiger partial charge is 0.256 e. The van der Waals surface area contributed by atoms with E-state index in [9.17, 15) is 0 Å². The number of phosphoric acid groups is 1. The van der Waals surface area contributed by atoms with E-state index in [-0.39, 0.29) is 0 Å². The maximum atomic E-state index is 8.55. The third-order valence-electron chi connectivity index (χ3n) is 26.4. The third kappa shape index (κ3) is 63.3. The Morgan fingerprint density at radius 2 is 0.303 bits per heavy atom. The van der Waals surface area contributed by atoms with E-state index in [0.717, 1.165) is 0 Å². The highest BCUT2D eigenvalue weighted by Crippen LogP contribution is 2.27. The molecule has 0 saturated carbocycles. The number of hydrogen-bond acceptors (Lipinski definition) is 4. The van der Waals surface area contributed by atoms with Crippen molar-refractivity contribution < 1.29 is 32.9 Å². The Morgan fingerprint density at radius 3 is 0.454 bits per heavy atom. The summed E-state index contributed by atoms with van der Waals surface area (Å²) in [6.07, 6.45) is 112. The summed E-state index contributed by atoms with van der Waals surface area (Å²) in [6, 6.07) is 0. The van der Waals surface area contributed by atoms with Gasteiger partial charge in [0.25, 0.3) is 17.5 Å². The van der Waals surface area contributed by atoms with Gasteiger partial charge in [-0.1, -0.05) is 449 Å². The molecule has 0 unspecified atom stereocenters. The number of unbranched alkanes of at least 4 members (excludes halogenated alkanes) is 60. The minimum atomic E-state index is -5.39. The second kappa shape index (κ2) is 86.5.